The molecule has 0 radical (unpaired) electrons. The summed E-state index contributed by atoms with van der Waals surface area (Å²) in [5, 5.41) is 0.731. The second-order valence-electron chi connectivity index (χ2n) is 0.794. The van der Waals surface area contributed by atoms with Crippen LogP contribution in [0.1, 0.15) is 6.92 Å². The van der Waals surface area contributed by atoms with Crippen LogP contribution in [-0.4, -0.2) is 0 Å². The number of allylic oxidation sites excluding steroid dienone is 1. The Kier molecular flexibility index (Phi) is 3.56. The second kappa shape index (κ2) is 3.05. The first kappa shape index (κ1) is 6.99. The van der Waals surface area contributed by atoms with Crippen molar-refractivity contribution in [2.45, 2.75) is 6.92 Å². The van der Waals surface area contributed by atoms with Gasteiger partial charge in [-0.1, -0.05) is 11.6 Å². The Labute approximate surface area is 58.8 Å². The van der Waals surface area contributed by atoms with Crippen LogP contribution in [0, 0.1) is 0 Å². The molecule has 0 aromatic rings. The van der Waals surface area contributed by atoms with Gasteiger partial charge in [0.15, 0.2) is 0 Å². The Morgan fingerprint density at radius 3 is 1.67 bits per heavy atom. The molecule has 0 aromatic heterocycles. The third-order valence-corrected chi connectivity index (χ3v) is 2.10. The molecule has 36 valence electrons. The van der Waals surface area contributed by atoms with E-state index in [1.807, 2.05) is 0 Å². The van der Waals surface area contributed by atoms with Crippen molar-refractivity contribution in [1.29, 1.82) is 0 Å². The highest BCUT2D eigenvalue weighted by Gasteiger charge is 1.83. The molecule has 3 heteroatoms. The lowest BCUT2D eigenvalue weighted by Crippen LogP contribution is -1.51. The van der Waals surface area contributed by atoms with E-state index in [1.54, 1.807) is 6.92 Å². The minimum Gasteiger partial charge on any atom is -0.0877 e. The van der Waals surface area contributed by atoms with E-state index in [1.165, 1.54) is 0 Å². The van der Waals surface area contributed by atoms with Crippen molar-refractivity contribution in [3.63, 3.8) is 0 Å². The number of hydrogen-bond donors (Lipinski definition) is 0. The van der Waals surface area contributed by atoms with Gasteiger partial charge in [-0.25, -0.2) is 0 Å². The molecule has 0 rings (SSSR count). The van der Waals surface area contributed by atoms with Gasteiger partial charge in [-0.05, 0) is 38.8 Å². The first-order valence-corrected chi connectivity index (χ1v) is 3.28. The topological polar surface area (TPSA) is 0 Å². The average molecular weight is 234 g/mol. The Balaban J connectivity index is 3.68. The minimum absolute atomic E-state index is 0.731. The molecule has 6 heavy (non-hydrogen) atoms. The molecule has 0 fully saturated rings. The van der Waals surface area contributed by atoms with Gasteiger partial charge in [0.2, 0.25) is 0 Å². The lowest BCUT2D eigenvalue weighted by molar-refractivity contribution is 1.70. The number of rotatable bonds is 0. The monoisotopic (exact) mass is 232 g/mol. The van der Waals surface area contributed by atoms with Crippen LogP contribution >= 0.6 is 43.5 Å². The molecule has 0 N–H and O–H groups in total. The van der Waals surface area contributed by atoms with Gasteiger partial charge in [-0.2, -0.15) is 0 Å². The highest BCUT2D eigenvalue weighted by atomic mass is 79.9. The third kappa shape index (κ3) is 3.19. The average Bonchev–Trinajstić information content (AvgIpc) is 1.36. The molecular formula is C3H3Br2Cl. The molecule has 0 atom stereocenters. The van der Waals surface area contributed by atoms with E-state index >= 15 is 0 Å². The van der Waals surface area contributed by atoms with E-state index in [4.69, 9.17) is 11.6 Å². The highest BCUT2D eigenvalue weighted by molar-refractivity contribution is 9.28. The van der Waals surface area contributed by atoms with Crippen molar-refractivity contribution in [3.8, 4) is 0 Å². The molecule has 0 amide bonds. The minimum atomic E-state index is 0.731. The van der Waals surface area contributed by atoms with Crippen molar-refractivity contribution in [2.75, 3.05) is 0 Å². The Bertz CT molecular complexity index is 58.9. The van der Waals surface area contributed by atoms with Gasteiger partial charge in [0.25, 0.3) is 0 Å². The molecule has 0 nitrogen and oxygen atoms in total. The van der Waals surface area contributed by atoms with Gasteiger partial charge in [-0.15, -0.1) is 0 Å². The van der Waals surface area contributed by atoms with Crippen molar-refractivity contribution < 1.29 is 0 Å². The van der Waals surface area contributed by atoms with E-state index in [2.05, 4.69) is 31.9 Å². The molecule has 0 aliphatic rings. The predicted octanol–water partition coefficient (Wildman–Crippen LogP) is 3.20. The van der Waals surface area contributed by atoms with Crippen LogP contribution in [0.5, 0.6) is 0 Å². The largest absolute Gasteiger partial charge is 0.0877 e. The zero-order valence-corrected chi connectivity index (χ0v) is 7.06. The molecule has 0 aliphatic carbocycles. The summed E-state index contributed by atoms with van der Waals surface area (Å²) in [6.07, 6.45) is 0. The fourth-order valence-electron chi connectivity index (χ4n) is 0. The van der Waals surface area contributed by atoms with E-state index < -0.39 is 0 Å². The summed E-state index contributed by atoms with van der Waals surface area (Å²) in [6, 6.07) is 0. The van der Waals surface area contributed by atoms with Crippen molar-refractivity contribution in [1.82, 2.24) is 0 Å². The summed E-state index contributed by atoms with van der Waals surface area (Å²) in [5.41, 5.74) is 0. The van der Waals surface area contributed by atoms with Crippen molar-refractivity contribution >= 4 is 43.5 Å². The molecule has 0 saturated heterocycles. The quantitative estimate of drug-likeness (QED) is 0.604. The maximum absolute atomic E-state index is 5.40. The third-order valence-electron chi connectivity index (χ3n) is 0.260. The van der Waals surface area contributed by atoms with Crippen LogP contribution in [0.4, 0.5) is 0 Å². The summed E-state index contributed by atoms with van der Waals surface area (Å²) < 4.78 is 0.816. The van der Waals surface area contributed by atoms with Crippen LogP contribution in [0.3, 0.4) is 0 Å². The molecule has 0 unspecified atom stereocenters. The SMILES string of the molecule is CC(Cl)=C(Br)Br. The van der Waals surface area contributed by atoms with Crippen LogP contribution in [-0.2, 0) is 0 Å². The van der Waals surface area contributed by atoms with Gasteiger partial charge in [0.1, 0.15) is 0 Å². The summed E-state index contributed by atoms with van der Waals surface area (Å²) in [7, 11) is 0. The van der Waals surface area contributed by atoms with E-state index in [-0.39, 0.29) is 0 Å². The van der Waals surface area contributed by atoms with Crippen LogP contribution < -0.4 is 0 Å². The maximum atomic E-state index is 5.40. The normalized spacial score (nSPS) is 8.00. The van der Waals surface area contributed by atoms with Crippen LogP contribution in [0.15, 0.2) is 8.42 Å². The molecular weight excluding hydrogens is 231 g/mol. The lowest BCUT2D eigenvalue weighted by Gasteiger charge is -1.80. The fraction of sp³-hybridized carbons (Fsp3) is 0.333. The van der Waals surface area contributed by atoms with E-state index in [0.717, 1.165) is 8.42 Å². The predicted molar refractivity (Wildman–Crippen MR) is 36.4 cm³/mol. The van der Waals surface area contributed by atoms with Gasteiger partial charge < -0.3 is 0 Å². The van der Waals surface area contributed by atoms with Gasteiger partial charge in [-0.3, -0.25) is 0 Å². The zero-order valence-electron chi connectivity index (χ0n) is 3.13. The molecule has 0 heterocycles. The molecule has 0 aliphatic heterocycles. The molecule has 0 bridgehead atoms. The van der Waals surface area contributed by atoms with Crippen LogP contribution in [0.25, 0.3) is 0 Å². The zero-order chi connectivity index (χ0) is 5.15. The van der Waals surface area contributed by atoms with Crippen LogP contribution in [0.2, 0.25) is 0 Å². The summed E-state index contributed by atoms with van der Waals surface area (Å²) in [5.74, 6) is 0. The maximum Gasteiger partial charge on any atom is 0.0746 e. The van der Waals surface area contributed by atoms with Gasteiger partial charge in [0.05, 0.1) is 3.39 Å². The lowest BCUT2D eigenvalue weighted by atomic mass is 10.8. The molecule has 0 spiro atoms. The molecule has 0 aromatic carbocycles. The Hall–Kier alpha value is 0.990. The summed E-state index contributed by atoms with van der Waals surface area (Å²) >= 11 is 11.6. The van der Waals surface area contributed by atoms with Crippen molar-refractivity contribution in [2.24, 2.45) is 0 Å². The van der Waals surface area contributed by atoms with E-state index in [0.29, 0.717) is 0 Å². The van der Waals surface area contributed by atoms with Gasteiger partial charge in [0, 0.05) is 5.03 Å². The second-order valence-corrected chi connectivity index (χ2v) is 4.01. The first-order valence-electron chi connectivity index (χ1n) is 1.32. The van der Waals surface area contributed by atoms with Gasteiger partial charge >= 0.3 is 0 Å². The first-order chi connectivity index (χ1) is 2.64. The summed E-state index contributed by atoms with van der Waals surface area (Å²) in [6.45, 7) is 1.79. The standard InChI is InChI=1S/C3H3Br2Cl/c1-2(6)3(4)5/h1H3. The number of hydrogen-bond acceptors (Lipinski definition) is 0. The summed E-state index contributed by atoms with van der Waals surface area (Å²) in [4.78, 5) is 0. The Morgan fingerprint density at radius 1 is 1.50 bits per heavy atom. The van der Waals surface area contributed by atoms with E-state index in [9.17, 15) is 0 Å². The highest BCUT2D eigenvalue weighted by Crippen LogP contribution is 2.20. The Morgan fingerprint density at radius 2 is 1.67 bits per heavy atom. The van der Waals surface area contributed by atoms with Crippen molar-refractivity contribution in [3.05, 3.63) is 8.42 Å². The smallest absolute Gasteiger partial charge is 0.0746 e. The molecule has 0 saturated carbocycles. The fourth-order valence-corrected chi connectivity index (χ4v) is 0. The number of halogens is 3.